The summed E-state index contributed by atoms with van der Waals surface area (Å²) in [5.41, 5.74) is -5.16. The Kier molecular flexibility index (Phi) is 15.1. The van der Waals surface area contributed by atoms with Gasteiger partial charge in [0.25, 0.3) is 0 Å². The third-order valence-electron chi connectivity index (χ3n) is 10.7. The zero-order chi connectivity index (χ0) is 48.0. The standard InChI is InChI=1S/C44H28BF15P.CH2Cl2/c1-17-12-19(3)43(20(4)13-17)61(44-21(5)14-18(2)15-22(44)6)24(23-10-8-7-9-11-23)16-45(25-28(46)34(52)40(58)35(53)29(25)47,26-30(48)36(54)41(59)37(55)31(26)49)27-32(50)38(56)42(60)39(57)33(27)51;2-1-3/h7-16H,1-6H3;1H2/q-1;/p+1/b24-16+;. The molecule has 0 aliphatic heterocycles. The molecule has 0 aliphatic carbocycles. The Morgan fingerprint density at radius 3 is 0.906 bits per heavy atom. The van der Waals surface area contributed by atoms with E-state index in [1.54, 1.807) is 65.8 Å². The van der Waals surface area contributed by atoms with Crippen molar-refractivity contribution in [3.63, 3.8) is 0 Å². The molecule has 0 nitrogen and oxygen atoms in total. The van der Waals surface area contributed by atoms with Gasteiger partial charge < -0.3 is 0 Å². The van der Waals surface area contributed by atoms with Crippen LogP contribution in [0.3, 0.4) is 0 Å². The summed E-state index contributed by atoms with van der Waals surface area (Å²) in [6.07, 6.45) is -6.02. The van der Waals surface area contributed by atoms with Gasteiger partial charge in [0.1, 0.15) is 51.7 Å². The van der Waals surface area contributed by atoms with E-state index >= 15 is 52.7 Å². The van der Waals surface area contributed by atoms with Gasteiger partial charge in [-0.15, -0.1) is 39.6 Å². The van der Waals surface area contributed by atoms with Gasteiger partial charge in [-0.3, -0.25) is 0 Å². The maximum absolute atomic E-state index is 16.7. The van der Waals surface area contributed by atoms with Crippen LogP contribution in [0, 0.1) is 129 Å². The van der Waals surface area contributed by atoms with Crippen LogP contribution >= 0.6 is 31.1 Å². The molecule has 0 saturated carbocycles. The van der Waals surface area contributed by atoms with Crippen molar-refractivity contribution < 1.29 is 65.9 Å². The number of halogens is 17. The van der Waals surface area contributed by atoms with Crippen molar-refractivity contribution in [3.05, 3.63) is 187 Å². The summed E-state index contributed by atoms with van der Waals surface area (Å²) in [6.45, 7) is 9.79. The third-order valence-corrected chi connectivity index (χ3v) is 14.3. The van der Waals surface area contributed by atoms with Gasteiger partial charge in [0, 0.05) is 5.56 Å². The molecule has 19 heteroatoms. The van der Waals surface area contributed by atoms with E-state index in [-0.39, 0.29) is 16.9 Å². The summed E-state index contributed by atoms with van der Waals surface area (Å²) in [4.78, 5) is 0. The SMILES string of the molecule is Cc1cc(C)c([PH+](/C(=C/[B-](c2c(F)c(F)c(F)c(F)c2F)(c2c(F)c(F)c(F)c(F)c2F)c2c(F)c(F)c(F)c(F)c2F)c2ccccc2)c2c(C)cc(C)cc2C)c(C)c1.ClCCl. The van der Waals surface area contributed by atoms with Crippen LogP contribution in [0.25, 0.3) is 5.31 Å². The van der Waals surface area contributed by atoms with Crippen molar-refractivity contribution in [1.29, 1.82) is 0 Å². The van der Waals surface area contributed by atoms with Gasteiger partial charge in [-0.05, 0) is 63.8 Å². The maximum atomic E-state index is 16.7. The fourth-order valence-corrected chi connectivity index (χ4v) is 12.0. The summed E-state index contributed by atoms with van der Waals surface area (Å²) >= 11 is 9.53. The van der Waals surface area contributed by atoms with Crippen molar-refractivity contribution in [2.24, 2.45) is 0 Å². The summed E-state index contributed by atoms with van der Waals surface area (Å²) < 4.78 is 237. The van der Waals surface area contributed by atoms with E-state index in [1.807, 2.05) is 0 Å². The second-order valence-electron chi connectivity index (χ2n) is 14.9. The maximum Gasteiger partial charge on any atom is 0.200 e. The summed E-state index contributed by atoms with van der Waals surface area (Å²) in [7, 11) is -3.20. The van der Waals surface area contributed by atoms with Crippen LogP contribution in [0.1, 0.15) is 38.9 Å². The van der Waals surface area contributed by atoms with Crippen molar-refractivity contribution >= 4 is 69.6 Å². The highest BCUT2D eigenvalue weighted by Gasteiger charge is 2.49. The first kappa shape index (κ1) is 50.1. The predicted molar refractivity (Wildman–Crippen MR) is 223 cm³/mol. The molecule has 0 aliphatic rings. The quantitative estimate of drug-likeness (QED) is 0.0356. The van der Waals surface area contributed by atoms with Crippen molar-refractivity contribution in [2.45, 2.75) is 41.5 Å². The van der Waals surface area contributed by atoms with E-state index in [1.165, 1.54) is 30.3 Å². The molecular formula is C45H31BCl2F15P. The molecule has 0 aromatic heterocycles. The highest BCUT2D eigenvalue weighted by atomic mass is 35.5. The first-order valence-electron chi connectivity index (χ1n) is 18.6. The highest BCUT2D eigenvalue weighted by Crippen LogP contribution is 2.53. The predicted octanol–water partition coefficient (Wildman–Crippen LogP) is 12.0. The van der Waals surface area contributed by atoms with E-state index in [4.69, 9.17) is 23.2 Å². The molecule has 0 amide bonds. The molecule has 338 valence electrons. The minimum absolute atomic E-state index is 0.135. The Balaban J connectivity index is 0.00000250. The van der Waals surface area contributed by atoms with Gasteiger partial charge >= 0.3 is 0 Å². The fraction of sp³-hybridized carbons (Fsp3) is 0.156. The lowest BCUT2D eigenvalue weighted by Crippen LogP contribution is -2.72. The molecule has 0 radical (unpaired) electrons. The Morgan fingerprint density at radius 1 is 0.422 bits per heavy atom. The van der Waals surface area contributed by atoms with Gasteiger partial charge in [0.15, 0.2) is 52.4 Å². The number of rotatable bonds is 8. The molecule has 64 heavy (non-hydrogen) atoms. The molecule has 0 heterocycles. The molecule has 6 rings (SSSR count). The second kappa shape index (κ2) is 19.3. The number of hydrogen-bond donors (Lipinski definition) is 0. The molecule has 0 spiro atoms. The smallest absolute Gasteiger partial charge is 0.200 e. The largest absolute Gasteiger partial charge is 0.207 e. The van der Waals surface area contributed by atoms with E-state index in [0.29, 0.717) is 44.0 Å². The Morgan fingerprint density at radius 2 is 0.656 bits per heavy atom. The highest BCUT2D eigenvalue weighted by molar-refractivity contribution is 7.82. The molecule has 0 saturated heterocycles. The minimum atomic E-state index is -6.02. The number of alkyl halides is 2. The van der Waals surface area contributed by atoms with Gasteiger partial charge in [0.2, 0.25) is 0 Å². The summed E-state index contributed by atoms with van der Waals surface area (Å²) in [5.74, 6) is -45.5. The molecule has 0 N–H and O–H groups in total. The molecule has 0 fully saturated rings. The molecular weight excluding hydrogens is 938 g/mol. The first-order chi connectivity index (χ1) is 29.9. The third kappa shape index (κ3) is 8.41. The topological polar surface area (TPSA) is 0 Å². The fourth-order valence-electron chi connectivity index (χ4n) is 8.48. The van der Waals surface area contributed by atoms with Crippen LogP contribution in [0.2, 0.25) is 0 Å². The molecule has 0 bridgehead atoms. The molecule has 0 atom stereocenters. The zero-order valence-corrected chi connectivity index (χ0v) is 36.5. The van der Waals surface area contributed by atoms with Crippen molar-refractivity contribution in [1.82, 2.24) is 0 Å². The van der Waals surface area contributed by atoms with E-state index in [2.05, 4.69) is 0 Å². The van der Waals surface area contributed by atoms with Crippen LogP contribution in [0.4, 0.5) is 65.9 Å². The molecule has 6 aromatic carbocycles. The zero-order valence-electron chi connectivity index (χ0n) is 34.0. The minimum Gasteiger partial charge on any atom is -0.207 e. The van der Waals surface area contributed by atoms with E-state index < -0.39 is 123 Å². The molecule has 0 unspecified atom stereocenters. The Labute approximate surface area is 368 Å². The lowest BCUT2D eigenvalue weighted by Gasteiger charge is -2.42. The summed E-state index contributed by atoms with van der Waals surface area (Å²) in [6, 6.07) is 13.1. The van der Waals surface area contributed by atoms with Crippen LogP contribution in [0.5, 0.6) is 0 Å². The second-order valence-corrected chi connectivity index (χ2v) is 18.0. The summed E-state index contributed by atoms with van der Waals surface area (Å²) in [5, 5.41) is 0.322. The van der Waals surface area contributed by atoms with Gasteiger partial charge in [-0.2, -0.15) is 5.98 Å². The Hall–Kier alpha value is -4.92. The average Bonchev–Trinajstić information content (AvgIpc) is 3.23. The van der Waals surface area contributed by atoms with E-state index in [9.17, 15) is 13.2 Å². The van der Waals surface area contributed by atoms with Crippen LogP contribution in [-0.2, 0) is 0 Å². The van der Waals surface area contributed by atoms with Crippen molar-refractivity contribution in [3.8, 4) is 0 Å². The number of hydrogen-bond acceptors (Lipinski definition) is 0. The van der Waals surface area contributed by atoms with Gasteiger partial charge in [-0.1, -0.05) is 65.7 Å². The van der Waals surface area contributed by atoms with Crippen LogP contribution < -0.4 is 27.0 Å². The number of benzene rings is 6. The van der Waals surface area contributed by atoms with E-state index in [0.717, 1.165) is 0 Å². The monoisotopic (exact) mass is 968 g/mol. The Bertz CT molecular complexity index is 2510. The lowest BCUT2D eigenvalue weighted by atomic mass is 9.15. The van der Waals surface area contributed by atoms with Crippen molar-refractivity contribution in [2.75, 3.05) is 5.34 Å². The normalized spacial score (nSPS) is 12.0. The lowest BCUT2D eigenvalue weighted by molar-refractivity contribution is 0.380. The van der Waals surface area contributed by atoms with Gasteiger partial charge in [-0.25, -0.2) is 65.9 Å². The number of aryl methyl sites for hydroxylation is 6. The van der Waals surface area contributed by atoms with Gasteiger partial charge in [0.05, 0.1) is 18.6 Å². The average molecular weight is 969 g/mol. The molecule has 6 aromatic rings. The van der Waals surface area contributed by atoms with Crippen LogP contribution in [-0.4, -0.2) is 11.5 Å². The first-order valence-corrected chi connectivity index (χ1v) is 21.1. The van der Waals surface area contributed by atoms with Crippen LogP contribution in [0.15, 0.2) is 60.6 Å².